The van der Waals surface area contributed by atoms with E-state index in [1.807, 2.05) is 12.2 Å². The highest BCUT2D eigenvalue weighted by atomic mass is 35.5. The Balaban J connectivity index is 1.35. The molecular formula is C23H17ClN2O4. The molecule has 4 atom stereocenters. The lowest BCUT2D eigenvalue weighted by Gasteiger charge is -2.13. The molecule has 6 nitrogen and oxygen atoms in total. The summed E-state index contributed by atoms with van der Waals surface area (Å²) >= 11 is 5.85. The average molecular weight is 421 g/mol. The lowest BCUT2D eigenvalue weighted by molar-refractivity contribution is -0.140. The van der Waals surface area contributed by atoms with Crippen molar-refractivity contribution in [2.75, 3.05) is 0 Å². The molecule has 1 heterocycles. The zero-order chi connectivity index (χ0) is 20.8. The summed E-state index contributed by atoms with van der Waals surface area (Å²) in [6.45, 7) is 0. The quantitative estimate of drug-likeness (QED) is 0.248. The van der Waals surface area contributed by atoms with Crippen LogP contribution in [0.25, 0.3) is 0 Å². The van der Waals surface area contributed by atoms with Gasteiger partial charge >= 0.3 is 5.97 Å². The summed E-state index contributed by atoms with van der Waals surface area (Å²) < 4.78 is 5.49. The molecule has 2 bridgehead atoms. The molecule has 3 aliphatic rings. The molecule has 1 saturated carbocycles. The van der Waals surface area contributed by atoms with E-state index in [1.54, 1.807) is 48.5 Å². The van der Waals surface area contributed by atoms with Crippen LogP contribution in [0, 0.1) is 23.7 Å². The first-order chi connectivity index (χ1) is 14.5. The molecule has 2 aromatic carbocycles. The number of rotatable bonds is 4. The number of benzene rings is 2. The van der Waals surface area contributed by atoms with Crippen molar-refractivity contribution in [2.45, 2.75) is 6.42 Å². The second kappa shape index (κ2) is 7.22. The monoisotopic (exact) mass is 420 g/mol. The van der Waals surface area contributed by atoms with Crippen LogP contribution in [-0.2, 0) is 9.59 Å². The van der Waals surface area contributed by atoms with Crippen LogP contribution in [0.3, 0.4) is 0 Å². The van der Waals surface area contributed by atoms with E-state index in [9.17, 15) is 14.4 Å². The van der Waals surface area contributed by atoms with E-state index in [0.29, 0.717) is 16.1 Å². The van der Waals surface area contributed by atoms with E-state index < -0.39 is 5.97 Å². The smallest absolute Gasteiger partial charge is 0.343 e. The van der Waals surface area contributed by atoms with Crippen molar-refractivity contribution in [3.63, 3.8) is 0 Å². The first-order valence-corrected chi connectivity index (χ1v) is 10.1. The number of hydrogen-bond donors (Lipinski definition) is 0. The molecule has 2 aliphatic carbocycles. The summed E-state index contributed by atoms with van der Waals surface area (Å²) in [5.74, 6) is -1.12. The fraction of sp³-hybridized carbons (Fsp3) is 0.217. The van der Waals surface area contributed by atoms with Gasteiger partial charge in [-0.2, -0.15) is 10.1 Å². The number of carbonyl (C=O) groups is 3. The van der Waals surface area contributed by atoms with Crippen LogP contribution in [0.1, 0.15) is 22.3 Å². The molecule has 2 amide bonds. The van der Waals surface area contributed by atoms with E-state index in [2.05, 4.69) is 5.10 Å². The van der Waals surface area contributed by atoms with Crippen molar-refractivity contribution < 1.29 is 19.1 Å². The van der Waals surface area contributed by atoms with Gasteiger partial charge in [0.2, 0.25) is 0 Å². The molecule has 0 spiro atoms. The molecule has 2 aromatic rings. The van der Waals surface area contributed by atoms with Crippen molar-refractivity contribution in [1.29, 1.82) is 0 Å². The highest BCUT2D eigenvalue weighted by Gasteiger charge is 2.59. The van der Waals surface area contributed by atoms with E-state index in [4.69, 9.17) is 16.3 Å². The summed E-state index contributed by atoms with van der Waals surface area (Å²) in [4.78, 5) is 37.9. The van der Waals surface area contributed by atoms with Crippen molar-refractivity contribution in [2.24, 2.45) is 28.8 Å². The van der Waals surface area contributed by atoms with Crippen LogP contribution in [-0.4, -0.2) is 29.0 Å². The Bertz CT molecular complexity index is 1080. The van der Waals surface area contributed by atoms with Crippen LogP contribution < -0.4 is 4.74 Å². The Hall–Kier alpha value is -3.25. The van der Waals surface area contributed by atoms with Gasteiger partial charge in [0.25, 0.3) is 11.8 Å². The fourth-order valence-electron chi connectivity index (χ4n) is 4.55. The van der Waals surface area contributed by atoms with Gasteiger partial charge in [-0.1, -0.05) is 35.9 Å². The maximum atomic E-state index is 12.7. The maximum absolute atomic E-state index is 12.7. The molecule has 0 N–H and O–H groups in total. The number of imide groups is 1. The van der Waals surface area contributed by atoms with Crippen molar-refractivity contribution in [1.82, 2.24) is 5.01 Å². The van der Waals surface area contributed by atoms with E-state index in [-0.39, 0.29) is 41.2 Å². The third kappa shape index (κ3) is 3.04. The number of amides is 2. The van der Waals surface area contributed by atoms with E-state index in [1.165, 1.54) is 6.21 Å². The molecule has 5 rings (SSSR count). The first kappa shape index (κ1) is 18.8. The lowest BCUT2D eigenvalue weighted by Crippen LogP contribution is -2.28. The van der Waals surface area contributed by atoms with Crippen molar-refractivity contribution in [3.8, 4) is 5.75 Å². The van der Waals surface area contributed by atoms with Gasteiger partial charge in [-0.3, -0.25) is 9.59 Å². The van der Waals surface area contributed by atoms with E-state index in [0.717, 1.165) is 11.4 Å². The van der Waals surface area contributed by atoms with Gasteiger partial charge in [0.15, 0.2) is 0 Å². The number of carbonyl (C=O) groups excluding carboxylic acids is 3. The van der Waals surface area contributed by atoms with Gasteiger partial charge < -0.3 is 4.74 Å². The van der Waals surface area contributed by atoms with Crippen LogP contribution >= 0.6 is 11.6 Å². The number of fused-ring (bicyclic) bond motifs is 5. The molecule has 1 aliphatic heterocycles. The Kier molecular flexibility index (Phi) is 4.51. The molecule has 7 heteroatoms. The molecule has 2 fully saturated rings. The molecule has 150 valence electrons. The van der Waals surface area contributed by atoms with Gasteiger partial charge in [0.05, 0.1) is 23.6 Å². The Morgan fingerprint density at radius 2 is 1.63 bits per heavy atom. The van der Waals surface area contributed by atoms with Crippen LogP contribution in [0.5, 0.6) is 5.75 Å². The summed E-state index contributed by atoms with van der Waals surface area (Å²) in [6, 6.07) is 13.2. The normalized spacial score (nSPS) is 26.6. The summed E-state index contributed by atoms with van der Waals surface area (Å²) in [5.41, 5.74) is 0.838. The van der Waals surface area contributed by atoms with Crippen molar-refractivity contribution in [3.05, 3.63) is 76.8 Å². The third-order valence-electron chi connectivity index (χ3n) is 5.96. The van der Waals surface area contributed by atoms with Crippen molar-refractivity contribution >= 4 is 35.6 Å². The minimum Gasteiger partial charge on any atom is -0.422 e. The van der Waals surface area contributed by atoms with Gasteiger partial charge in [-0.15, -0.1) is 0 Å². The van der Waals surface area contributed by atoms with E-state index >= 15 is 0 Å². The minimum atomic E-state index is -0.543. The fourth-order valence-corrected chi connectivity index (χ4v) is 4.67. The Morgan fingerprint density at radius 1 is 1.00 bits per heavy atom. The largest absolute Gasteiger partial charge is 0.422 e. The van der Waals surface area contributed by atoms with Gasteiger partial charge in [-0.05, 0) is 54.7 Å². The molecule has 0 aromatic heterocycles. The second-order valence-electron chi connectivity index (χ2n) is 7.67. The predicted octanol–water partition coefficient (Wildman–Crippen LogP) is 3.70. The highest BCUT2D eigenvalue weighted by molar-refractivity contribution is 6.30. The number of nitrogens with zero attached hydrogens (tertiary/aromatic N) is 2. The van der Waals surface area contributed by atoms with Gasteiger partial charge in [0, 0.05) is 10.6 Å². The predicted molar refractivity (Wildman–Crippen MR) is 110 cm³/mol. The Morgan fingerprint density at radius 3 is 2.30 bits per heavy atom. The standard InChI is InChI=1S/C23H17ClN2O4/c24-17-9-7-13(8-10-17)23(29)30-18-4-2-1-3-16(18)12-25-26-21(27)19-14-5-6-15(11-14)20(19)22(26)28/h1-10,12,14-15,19-20H,11H2. The number of esters is 1. The maximum Gasteiger partial charge on any atom is 0.343 e. The molecule has 4 unspecified atom stereocenters. The topological polar surface area (TPSA) is 76.0 Å². The number of hydrogen-bond acceptors (Lipinski definition) is 5. The van der Waals surface area contributed by atoms with Crippen LogP contribution in [0.2, 0.25) is 5.02 Å². The zero-order valence-electron chi connectivity index (χ0n) is 15.8. The first-order valence-electron chi connectivity index (χ1n) is 9.70. The molecular weight excluding hydrogens is 404 g/mol. The molecule has 0 radical (unpaired) electrons. The molecule has 30 heavy (non-hydrogen) atoms. The van der Waals surface area contributed by atoms with Crippen LogP contribution in [0.4, 0.5) is 0 Å². The number of hydrazone groups is 1. The van der Waals surface area contributed by atoms with Gasteiger partial charge in [0.1, 0.15) is 5.75 Å². The third-order valence-corrected chi connectivity index (χ3v) is 6.21. The number of para-hydroxylation sites is 1. The number of ether oxygens (including phenoxy) is 1. The zero-order valence-corrected chi connectivity index (χ0v) is 16.5. The summed E-state index contributed by atoms with van der Waals surface area (Å²) in [6.07, 6.45) is 6.33. The summed E-state index contributed by atoms with van der Waals surface area (Å²) in [7, 11) is 0. The van der Waals surface area contributed by atoms with Gasteiger partial charge in [-0.25, -0.2) is 4.79 Å². The van der Waals surface area contributed by atoms with Crippen LogP contribution in [0.15, 0.2) is 65.8 Å². The SMILES string of the molecule is O=C(Oc1ccccc1C=NN1C(=O)C2C3C=CC(C3)C2C1=O)c1ccc(Cl)cc1. The molecule has 1 saturated heterocycles. The Labute approximate surface area is 177 Å². The lowest BCUT2D eigenvalue weighted by atomic mass is 9.85. The minimum absolute atomic E-state index is 0.129. The number of allylic oxidation sites excluding steroid dienone is 2. The summed E-state index contributed by atoms with van der Waals surface area (Å²) in [5, 5.41) is 5.65. The number of halogens is 1. The second-order valence-corrected chi connectivity index (χ2v) is 8.10. The average Bonchev–Trinajstić information content (AvgIpc) is 3.42. The highest BCUT2D eigenvalue weighted by Crippen LogP contribution is 2.52.